The summed E-state index contributed by atoms with van der Waals surface area (Å²) in [6, 6.07) is 2.54. The molecule has 1 aliphatic heterocycles. The lowest BCUT2D eigenvalue weighted by Crippen LogP contribution is -2.44. The van der Waals surface area contributed by atoms with Crippen molar-refractivity contribution in [3.63, 3.8) is 0 Å². The van der Waals surface area contributed by atoms with Crippen molar-refractivity contribution < 1.29 is 22.9 Å². The summed E-state index contributed by atoms with van der Waals surface area (Å²) in [7, 11) is 0. The summed E-state index contributed by atoms with van der Waals surface area (Å²) >= 11 is 0. The monoisotopic (exact) mass is 331 g/mol. The van der Waals surface area contributed by atoms with Crippen LogP contribution < -0.4 is 10.2 Å². The van der Waals surface area contributed by atoms with Crippen LogP contribution in [0.25, 0.3) is 0 Å². The van der Waals surface area contributed by atoms with E-state index in [1.807, 2.05) is 0 Å². The standard InChI is InChI=1S/C14H16F3N3O3/c1-9(21)18-11-4-6-19(7-5-11)12-3-2-10(14(15,16)17)8-13(12)20(22)23/h2-3,8,11H,4-7H2,1H3,(H,18,21). The lowest BCUT2D eigenvalue weighted by atomic mass is 10.0. The third kappa shape index (κ3) is 4.11. The van der Waals surface area contributed by atoms with E-state index < -0.39 is 22.4 Å². The highest BCUT2D eigenvalue weighted by molar-refractivity contribution is 5.73. The molecule has 1 heterocycles. The zero-order valence-electron chi connectivity index (χ0n) is 12.4. The van der Waals surface area contributed by atoms with Gasteiger partial charge in [0.2, 0.25) is 5.91 Å². The van der Waals surface area contributed by atoms with Crippen LogP contribution in [-0.4, -0.2) is 30.0 Å². The Morgan fingerprint density at radius 2 is 1.96 bits per heavy atom. The Balaban J connectivity index is 2.20. The lowest BCUT2D eigenvalue weighted by Gasteiger charge is -2.33. The Morgan fingerprint density at radius 3 is 2.43 bits per heavy atom. The van der Waals surface area contributed by atoms with Gasteiger partial charge in [0.1, 0.15) is 5.69 Å². The maximum Gasteiger partial charge on any atom is 0.416 e. The van der Waals surface area contributed by atoms with Gasteiger partial charge in [0.05, 0.1) is 10.5 Å². The molecule has 0 aromatic heterocycles. The van der Waals surface area contributed by atoms with Gasteiger partial charge in [0.25, 0.3) is 5.69 Å². The van der Waals surface area contributed by atoms with Gasteiger partial charge in [-0.05, 0) is 25.0 Å². The van der Waals surface area contributed by atoms with Crippen LogP contribution in [0.3, 0.4) is 0 Å². The lowest BCUT2D eigenvalue weighted by molar-refractivity contribution is -0.384. The van der Waals surface area contributed by atoms with E-state index in [-0.39, 0.29) is 17.6 Å². The quantitative estimate of drug-likeness (QED) is 0.682. The Kier molecular flexibility index (Phi) is 4.76. The SMILES string of the molecule is CC(=O)NC1CCN(c2ccc(C(F)(F)F)cc2[N+](=O)[O-])CC1. The zero-order valence-corrected chi connectivity index (χ0v) is 12.4. The molecule has 1 aliphatic rings. The van der Waals surface area contributed by atoms with Gasteiger partial charge in [-0.25, -0.2) is 0 Å². The molecule has 6 nitrogen and oxygen atoms in total. The van der Waals surface area contributed by atoms with Crippen LogP contribution in [0.2, 0.25) is 0 Å². The predicted molar refractivity (Wildman–Crippen MR) is 77.2 cm³/mol. The fourth-order valence-corrected chi connectivity index (χ4v) is 2.67. The molecule has 0 bridgehead atoms. The molecule has 0 unspecified atom stereocenters. The van der Waals surface area contributed by atoms with Crippen molar-refractivity contribution in [3.05, 3.63) is 33.9 Å². The van der Waals surface area contributed by atoms with E-state index in [0.29, 0.717) is 32.0 Å². The molecule has 1 N–H and O–H groups in total. The fourth-order valence-electron chi connectivity index (χ4n) is 2.67. The van der Waals surface area contributed by atoms with Gasteiger partial charge in [0, 0.05) is 32.1 Å². The van der Waals surface area contributed by atoms with Crippen LogP contribution in [0.5, 0.6) is 0 Å². The molecule has 23 heavy (non-hydrogen) atoms. The second-order valence-corrected chi connectivity index (χ2v) is 5.42. The average Bonchev–Trinajstić information content (AvgIpc) is 2.46. The number of anilines is 1. The van der Waals surface area contributed by atoms with E-state index in [1.54, 1.807) is 4.90 Å². The normalized spacial score (nSPS) is 16.3. The smallest absolute Gasteiger partial charge is 0.366 e. The van der Waals surface area contributed by atoms with Crippen LogP contribution in [0.1, 0.15) is 25.3 Å². The Hall–Kier alpha value is -2.32. The summed E-state index contributed by atoms with van der Waals surface area (Å²) in [5.74, 6) is -0.149. The number of hydrogen-bond donors (Lipinski definition) is 1. The van der Waals surface area contributed by atoms with Gasteiger partial charge in [0.15, 0.2) is 0 Å². The molecule has 0 saturated carbocycles. The zero-order chi connectivity index (χ0) is 17.2. The molecule has 0 atom stereocenters. The topological polar surface area (TPSA) is 75.5 Å². The summed E-state index contributed by atoms with van der Waals surface area (Å²) in [5, 5.41) is 13.9. The predicted octanol–water partition coefficient (Wildman–Crippen LogP) is 2.72. The minimum absolute atomic E-state index is 0.0164. The molecule has 1 amide bonds. The highest BCUT2D eigenvalue weighted by Gasteiger charge is 2.34. The molecule has 0 aliphatic carbocycles. The number of benzene rings is 1. The molecule has 2 rings (SSSR count). The number of carbonyl (C=O) groups excluding carboxylic acids is 1. The molecule has 1 aromatic carbocycles. The minimum Gasteiger partial charge on any atom is -0.366 e. The molecule has 0 radical (unpaired) electrons. The van der Waals surface area contributed by atoms with Crippen molar-refractivity contribution in [2.24, 2.45) is 0 Å². The summed E-state index contributed by atoms with van der Waals surface area (Å²) in [6.07, 6.45) is -3.46. The highest BCUT2D eigenvalue weighted by Crippen LogP contribution is 2.37. The minimum atomic E-state index is -4.62. The number of hydrogen-bond acceptors (Lipinski definition) is 4. The van der Waals surface area contributed by atoms with Crippen LogP contribution in [0.15, 0.2) is 18.2 Å². The number of nitrogens with zero attached hydrogens (tertiary/aromatic N) is 2. The molecule has 126 valence electrons. The second kappa shape index (κ2) is 6.43. The van der Waals surface area contributed by atoms with E-state index in [2.05, 4.69) is 5.32 Å². The number of halogens is 3. The Labute approximate surface area is 130 Å². The van der Waals surface area contributed by atoms with Crippen LogP contribution in [0.4, 0.5) is 24.5 Å². The van der Waals surface area contributed by atoms with Crippen molar-refractivity contribution in [2.45, 2.75) is 32.0 Å². The van der Waals surface area contributed by atoms with Gasteiger partial charge in [-0.3, -0.25) is 14.9 Å². The van der Waals surface area contributed by atoms with E-state index in [4.69, 9.17) is 0 Å². The first-order valence-corrected chi connectivity index (χ1v) is 7.06. The van der Waals surface area contributed by atoms with Gasteiger partial charge < -0.3 is 10.2 Å². The fraction of sp³-hybridized carbons (Fsp3) is 0.500. The maximum absolute atomic E-state index is 12.7. The van der Waals surface area contributed by atoms with E-state index in [9.17, 15) is 28.1 Å². The number of amides is 1. The molecule has 9 heteroatoms. The number of piperidine rings is 1. The van der Waals surface area contributed by atoms with Crippen molar-refractivity contribution in [2.75, 3.05) is 18.0 Å². The number of nitrogens with one attached hydrogen (secondary N) is 1. The van der Waals surface area contributed by atoms with E-state index in [0.717, 1.165) is 12.1 Å². The highest BCUT2D eigenvalue weighted by atomic mass is 19.4. The Morgan fingerprint density at radius 1 is 1.35 bits per heavy atom. The van der Waals surface area contributed by atoms with Crippen LogP contribution >= 0.6 is 0 Å². The first-order chi connectivity index (χ1) is 10.7. The maximum atomic E-state index is 12.7. The van der Waals surface area contributed by atoms with Gasteiger partial charge in [-0.15, -0.1) is 0 Å². The van der Waals surface area contributed by atoms with Crippen LogP contribution in [0, 0.1) is 10.1 Å². The van der Waals surface area contributed by atoms with E-state index >= 15 is 0 Å². The summed E-state index contributed by atoms with van der Waals surface area (Å²) in [5.41, 5.74) is -1.43. The summed E-state index contributed by atoms with van der Waals surface area (Å²) in [4.78, 5) is 23.0. The average molecular weight is 331 g/mol. The van der Waals surface area contributed by atoms with Gasteiger partial charge in [-0.1, -0.05) is 0 Å². The third-order valence-electron chi connectivity index (χ3n) is 3.74. The molecule has 0 spiro atoms. The number of alkyl halides is 3. The number of rotatable bonds is 3. The summed E-state index contributed by atoms with van der Waals surface area (Å²) < 4.78 is 38.1. The molecule has 1 aromatic rings. The number of carbonyl (C=O) groups is 1. The molecular formula is C14H16F3N3O3. The van der Waals surface area contributed by atoms with Crippen molar-refractivity contribution >= 4 is 17.3 Å². The van der Waals surface area contributed by atoms with Crippen molar-refractivity contribution in [1.29, 1.82) is 0 Å². The Bertz CT molecular complexity index is 611. The largest absolute Gasteiger partial charge is 0.416 e. The molecule has 1 saturated heterocycles. The second-order valence-electron chi connectivity index (χ2n) is 5.42. The molecular weight excluding hydrogens is 315 g/mol. The van der Waals surface area contributed by atoms with Gasteiger partial charge >= 0.3 is 6.18 Å². The van der Waals surface area contributed by atoms with E-state index in [1.165, 1.54) is 6.92 Å². The number of nitro benzene ring substituents is 1. The number of nitro groups is 1. The van der Waals surface area contributed by atoms with Crippen molar-refractivity contribution in [3.8, 4) is 0 Å². The first kappa shape index (κ1) is 17.0. The van der Waals surface area contributed by atoms with Gasteiger partial charge in [-0.2, -0.15) is 13.2 Å². The summed E-state index contributed by atoms with van der Waals surface area (Å²) in [6.45, 7) is 2.27. The van der Waals surface area contributed by atoms with Crippen molar-refractivity contribution in [1.82, 2.24) is 5.32 Å². The first-order valence-electron chi connectivity index (χ1n) is 7.06. The molecule has 1 fully saturated rings. The third-order valence-corrected chi connectivity index (χ3v) is 3.74. The van der Waals surface area contributed by atoms with Crippen LogP contribution in [-0.2, 0) is 11.0 Å².